The summed E-state index contributed by atoms with van der Waals surface area (Å²) in [7, 11) is -0.523. The maximum atomic E-state index is 13.3. The van der Waals surface area contributed by atoms with Crippen LogP contribution in [0.25, 0.3) is 0 Å². The lowest BCUT2D eigenvalue weighted by molar-refractivity contribution is -0.199. The van der Waals surface area contributed by atoms with Crippen molar-refractivity contribution in [3.63, 3.8) is 0 Å². The van der Waals surface area contributed by atoms with Crippen LogP contribution in [0.3, 0.4) is 0 Å². The minimum atomic E-state index is -0.666. The number of carbonyl (C=O) groups is 1. The number of alkyl carbamates (subject to hydrolysis) is 1. The Hall–Kier alpha value is -3.68. The Labute approximate surface area is 253 Å². The minimum absolute atomic E-state index is 0.0402. The molecule has 4 aliphatic carbocycles. The molecule has 4 saturated carbocycles. The molecule has 5 fully saturated rings. The SMILES string of the molecule is CC1(C)[C@@H]2C[C@H]3OB(C4(NC(=O)OCCc5cccc(CC(C#N)n6cncn6)c5)CC4c4ccccc4)O[C@@]3(C)[C@H]1C2. The minimum Gasteiger partial charge on any atom is -0.449 e. The molecular weight excluding hydrogens is 541 g/mol. The number of nitriles is 1. The molecule has 5 aliphatic rings. The van der Waals surface area contributed by atoms with Gasteiger partial charge < -0.3 is 19.4 Å². The van der Waals surface area contributed by atoms with Gasteiger partial charge in [0, 0.05) is 18.8 Å². The van der Waals surface area contributed by atoms with E-state index in [0.29, 0.717) is 24.7 Å². The van der Waals surface area contributed by atoms with Crippen LogP contribution in [0.1, 0.15) is 68.7 Å². The van der Waals surface area contributed by atoms with Gasteiger partial charge in [0.1, 0.15) is 18.7 Å². The number of hydrogen-bond acceptors (Lipinski definition) is 7. The van der Waals surface area contributed by atoms with E-state index in [9.17, 15) is 10.1 Å². The summed E-state index contributed by atoms with van der Waals surface area (Å²) in [6, 6.07) is 20.1. The van der Waals surface area contributed by atoms with Crippen molar-refractivity contribution in [3.8, 4) is 6.07 Å². The molecule has 3 unspecified atom stereocenters. The van der Waals surface area contributed by atoms with Gasteiger partial charge >= 0.3 is 13.2 Å². The fourth-order valence-electron chi connectivity index (χ4n) is 8.13. The summed E-state index contributed by atoms with van der Waals surface area (Å²) in [6.07, 6.45) is 6.56. The number of rotatable bonds is 9. The van der Waals surface area contributed by atoms with Gasteiger partial charge in [-0.05, 0) is 60.1 Å². The van der Waals surface area contributed by atoms with Gasteiger partial charge in [0.05, 0.1) is 29.8 Å². The van der Waals surface area contributed by atoms with E-state index in [1.54, 1.807) is 11.0 Å². The highest BCUT2D eigenvalue weighted by Gasteiger charge is 2.75. The average molecular weight is 580 g/mol. The molecule has 8 rings (SSSR count). The summed E-state index contributed by atoms with van der Waals surface area (Å²) in [5, 5.41) is 16.9. The molecule has 1 amide bonds. The number of nitrogens with zero attached hydrogens (tertiary/aromatic N) is 4. The van der Waals surface area contributed by atoms with E-state index >= 15 is 0 Å². The second-order valence-electron chi connectivity index (χ2n) is 13.6. The second-order valence-corrected chi connectivity index (χ2v) is 13.6. The number of aromatic nitrogens is 3. The lowest BCUT2D eigenvalue weighted by atomic mass is 9.43. The number of ether oxygens (including phenoxy) is 1. The molecule has 10 heteroatoms. The maximum absolute atomic E-state index is 13.3. The zero-order chi connectivity index (χ0) is 29.8. The van der Waals surface area contributed by atoms with Crippen LogP contribution in [0, 0.1) is 28.6 Å². The van der Waals surface area contributed by atoms with Crippen molar-refractivity contribution < 1.29 is 18.8 Å². The van der Waals surface area contributed by atoms with Crippen molar-refractivity contribution in [2.45, 2.75) is 82.0 Å². The van der Waals surface area contributed by atoms with Gasteiger partial charge in [-0.25, -0.2) is 14.5 Å². The fraction of sp³-hybridized carbons (Fsp3) is 0.515. The van der Waals surface area contributed by atoms with Crippen LogP contribution in [-0.2, 0) is 26.9 Å². The van der Waals surface area contributed by atoms with E-state index < -0.39 is 24.7 Å². The van der Waals surface area contributed by atoms with Crippen molar-refractivity contribution in [2.75, 3.05) is 6.61 Å². The molecule has 7 atom stereocenters. The lowest BCUT2D eigenvalue weighted by Gasteiger charge is -2.64. The highest BCUT2D eigenvalue weighted by atomic mass is 16.7. The van der Waals surface area contributed by atoms with Crippen LogP contribution in [0.2, 0.25) is 0 Å². The molecule has 1 aliphatic heterocycles. The largest absolute Gasteiger partial charge is 0.485 e. The number of carbonyl (C=O) groups excluding carboxylic acids is 1. The van der Waals surface area contributed by atoms with E-state index in [-0.39, 0.29) is 29.6 Å². The van der Waals surface area contributed by atoms with Crippen molar-refractivity contribution in [3.05, 3.63) is 83.9 Å². The zero-order valence-corrected chi connectivity index (χ0v) is 25.0. The topological polar surface area (TPSA) is 111 Å². The van der Waals surface area contributed by atoms with Crippen LogP contribution in [0.5, 0.6) is 0 Å². The third-order valence-electron chi connectivity index (χ3n) is 10.9. The first-order chi connectivity index (χ1) is 20.7. The third kappa shape index (κ3) is 4.83. The quantitative estimate of drug-likeness (QED) is 0.353. The summed E-state index contributed by atoms with van der Waals surface area (Å²) >= 11 is 0. The fourth-order valence-corrected chi connectivity index (χ4v) is 8.13. The van der Waals surface area contributed by atoms with Crippen LogP contribution in [0.4, 0.5) is 4.79 Å². The van der Waals surface area contributed by atoms with E-state index in [4.69, 9.17) is 14.0 Å². The summed E-state index contributed by atoms with van der Waals surface area (Å²) in [5.41, 5.74) is 2.44. The highest BCUT2D eigenvalue weighted by Crippen LogP contribution is 2.67. The molecule has 1 saturated heterocycles. The molecule has 9 nitrogen and oxygen atoms in total. The Morgan fingerprint density at radius 3 is 2.74 bits per heavy atom. The van der Waals surface area contributed by atoms with Gasteiger partial charge in [-0.15, -0.1) is 0 Å². The molecule has 43 heavy (non-hydrogen) atoms. The first-order valence-electron chi connectivity index (χ1n) is 15.4. The first kappa shape index (κ1) is 28.1. The molecule has 2 heterocycles. The molecule has 1 N–H and O–H groups in total. The smallest absolute Gasteiger partial charge is 0.449 e. The predicted molar refractivity (Wildman–Crippen MR) is 160 cm³/mol. The number of nitrogens with one attached hydrogen (secondary N) is 1. The molecule has 2 aromatic carbocycles. The molecule has 1 aromatic heterocycles. The lowest BCUT2D eigenvalue weighted by Crippen LogP contribution is -2.65. The van der Waals surface area contributed by atoms with Crippen LogP contribution in [-0.4, -0.2) is 51.7 Å². The van der Waals surface area contributed by atoms with Crippen molar-refractivity contribution in [1.82, 2.24) is 20.1 Å². The van der Waals surface area contributed by atoms with Crippen LogP contribution < -0.4 is 5.32 Å². The number of benzene rings is 2. The van der Waals surface area contributed by atoms with E-state index in [0.717, 1.165) is 29.5 Å². The second kappa shape index (κ2) is 10.5. The van der Waals surface area contributed by atoms with Crippen molar-refractivity contribution >= 4 is 13.2 Å². The third-order valence-corrected chi connectivity index (χ3v) is 10.9. The summed E-state index contributed by atoms with van der Waals surface area (Å²) in [5.74, 6) is 1.19. The first-order valence-corrected chi connectivity index (χ1v) is 15.4. The van der Waals surface area contributed by atoms with Crippen molar-refractivity contribution in [1.29, 1.82) is 5.26 Å². The van der Waals surface area contributed by atoms with Crippen molar-refractivity contribution in [2.24, 2.45) is 17.3 Å². The van der Waals surface area contributed by atoms with Crippen LogP contribution in [0.15, 0.2) is 67.3 Å². The monoisotopic (exact) mass is 579 g/mol. The Morgan fingerprint density at radius 2 is 2.00 bits per heavy atom. The van der Waals surface area contributed by atoms with E-state index in [1.165, 1.54) is 12.7 Å². The van der Waals surface area contributed by atoms with Gasteiger partial charge in [-0.2, -0.15) is 10.4 Å². The Balaban J connectivity index is 1.01. The molecular formula is C33H38BN5O4. The summed E-state index contributed by atoms with van der Waals surface area (Å²) in [6.45, 7) is 7.16. The normalized spacial score (nSPS) is 32.2. The molecule has 2 bridgehead atoms. The van der Waals surface area contributed by atoms with Gasteiger partial charge in [0.15, 0.2) is 0 Å². The highest BCUT2D eigenvalue weighted by molar-refractivity contribution is 6.52. The maximum Gasteiger partial charge on any atom is 0.485 e. The molecule has 222 valence electrons. The van der Waals surface area contributed by atoms with Gasteiger partial charge in [0.25, 0.3) is 0 Å². The molecule has 0 spiro atoms. The zero-order valence-electron chi connectivity index (χ0n) is 25.0. The Morgan fingerprint density at radius 1 is 1.19 bits per heavy atom. The number of hydrogen-bond donors (Lipinski definition) is 1. The van der Waals surface area contributed by atoms with E-state index in [1.807, 2.05) is 42.5 Å². The summed E-state index contributed by atoms with van der Waals surface area (Å²) in [4.78, 5) is 17.2. The van der Waals surface area contributed by atoms with Crippen LogP contribution >= 0.6 is 0 Å². The average Bonchev–Trinajstić information content (AvgIpc) is 3.30. The Bertz CT molecular complexity index is 1530. The van der Waals surface area contributed by atoms with E-state index in [2.05, 4.69) is 54.4 Å². The summed E-state index contributed by atoms with van der Waals surface area (Å²) < 4.78 is 20.8. The predicted octanol–water partition coefficient (Wildman–Crippen LogP) is 5.05. The van der Waals surface area contributed by atoms with Gasteiger partial charge in [0.2, 0.25) is 0 Å². The number of amides is 1. The molecule has 3 aromatic rings. The Kier molecular flexibility index (Phi) is 6.86. The molecule has 0 radical (unpaired) electrons. The van der Waals surface area contributed by atoms with Gasteiger partial charge in [-0.3, -0.25) is 0 Å². The standard InChI is InChI=1S/C33H38BN5O4/c1-31(2)25-16-28(31)32(3)29(17-25)42-34(43-32)33(18-27(33)24-10-5-4-6-11-24)38-30(40)41-13-12-22-8-7-9-23(14-22)15-26(19-35)39-21-36-20-37-39/h4-11,14,20-21,25-29H,12-13,15-18H2,1-3H3,(H,38,40)/t25-,26?,27?,28-,29+,32-,33?/m0/s1. The van der Waals surface area contributed by atoms with Gasteiger partial charge in [-0.1, -0.05) is 68.4 Å².